The summed E-state index contributed by atoms with van der Waals surface area (Å²) in [5, 5.41) is 2.44. The normalized spacial score (nSPS) is 16.5. The van der Waals surface area contributed by atoms with Crippen LogP contribution in [0, 0.1) is 0 Å². The fourth-order valence-electron chi connectivity index (χ4n) is 1.51. The van der Waals surface area contributed by atoms with E-state index < -0.39 is 0 Å². The summed E-state index contributed by atoms with van der Waals surface area (Å²) in [5.41, 5.74) is 0. The minimum atomic E-state index is 0.0949. The number of carbonyl (C=O) groups is 1. The molecule has 1 aromatic heterocycles. The van der Waals surface area contributed by atoms with Crippen LogP contribution in [0.2, 0.25) is 5.02 Å². The lowest BCUT2D eigenvalue weighted by Crippen LogP contribution is -2.26. The van der Waals surface area contributed by atoms with Gasteiger partial charge in [0.1, 0.15) is 4.88 Å². The van der Waals surface area contributed by atoms with Gasteiger partial charge in [0.25, 0.3) is 5.91 Å². The maximum atomic E-state index is 11.8. The zero-order valence-electron chi connectivity index (χ0n) is 7.12. The predicted octanol–water partition coefficient (Wildman–Crippen LogP) is 2.64. The monoisotopic (exact) mass is 215 g/mol. The van der Waals surface area contributed by atoms with Crippen molar-refractivity contribution in [2.24, 2.45) is 0 Å². The molecule has 2 heterocycles. The largest absolute Gasteiger partial charge is 0.338 e. The highest BCUT2D eigenvalue weighted by atomic mass is 35.5. The first-order chi connectivity index (χ1) is 6.29. The minimum absolute atomic E-state index is 0.0949. The molecule has 4 heteroatoms. The summed E-state index contributed by atoms with van der Waals surface area (Å²) in [5.74, 6) is 0.0949. The van der Waals surface area contributed by atoms with Crippen molar-refractivity contribution < 1.29 is 4.79 Å². The lowest BCUT2D eigenvalue weighted by Gasteiger charge is -2.13. The van der Waals surface area contributed by atoms with E-state index in [2.05, 4.69) is 0 Å². The maximum absolute atomic E-state index is 11.8. The molecule has 13 heavy (non-hydrogen) atoms. The highest BCUT2D eigenvalue weighted by molar-refractivity contribution is 7.12. The molecule has 1 saturated heterocycles. The Morgan fingerprint density at radius 3 is 2.69 bits per heavy atom. The van der Waals surface area contributed by atoms with Gasteiger partial charge in [0, 0.05) is 13.1 Å². The van der Waals surface area contributed by atoms with Crippen LogP contribution in [0.3, 0.4) is 0 Å². The van der Waals surface area contributed by atoms with Crippen molar-refractivity contribution in [1.82, 2.24) is 4.90 Å². The molecule has 0 N–H and O–H groups in total. The fourth-order valence-corrected chi connectivity index (χ4v) is 2.61. The van der Waals surface area contributed by atoms with Gasteiger partial charge in [-0.05, 0) is 24.3 Å². The molecular formula is C9H10ClNOS. The number of carbonyl (C=O) groups excluding carboxylic acids is 1. The smallest absolute Gasteiger partial charge is 0.265 e. The summed E-state index contributed by atoms with van der Waals surface area (Å²) >= 11 is 7.30. The standard InChI is InChI=1S/C9H10ClNOS/c10-7-3-6-13-8(7)9(12)11-4-1-2-5-11/h3,6H,1-2,4-5H2. The van der Waals surface area contributed by atoms with Crippen molar-refractivity contribution in [3.8, 4) is 0 Å². The van der Waals surface area contributed by atoms with Crippen LogP contribution in [-0.4, -0.2) is 23.9 Å². The molecule has 1 aromatic rings. The molecule has 0 bridgehead atoms. The molecule has 1 aliphatic rings. The number of rotatable bonds is 1. The lowest BCUT2D eigenvalue weighted by atomic mass is 10.4. The molecule has 1 aliphatic heterocycles. The quantitative estimate of drug-likeness (QED) is 0.706. The molecule has 1 amide bonds. The van der Waals surface area contributed by atoms with Crippen LogP contribution in [0.15, 0.2) is 11.4 Å². The zero-order chi connectivity index (χ0) is 9.26. The van der Waals surface area contributed by atoms with Gasteiger partial charge in [-0.1, -0.05) is 11.6 Å². The Kier molecular flexibility index (Phi) is 2.56. The first kappa shape index (κ1) is 9.03. The second-order valence-electron chi connectivity index (χ2n) is 3.10. The first-order valence-electron chi connectivity index (χ1n) is 4.31. The van der Waals surface area contributed by atoms with Crippen molar-refractivity contribution in [2.45, 2.75) is 12.8 Å². The van der Waals surface area contributed by atoms with Gasteiger partial charge in [-0.25, -0.2) is 0 Å². The number of likely N-dealkylation sites (tertiary alicyclic amines) is 1. The third kappa shape index (κ3) is 1.71. The van der Waals surface area contributed by atoms with Gasteiger partial charge >= 0.3 is 0 Å². The second kappa shape index (κ2) is 3.68. The summed E-state index contributed by atoms with van der Waals surface area (Å²) < 4.78 is 0. The van der Waals surface area contributed by atoms with Crippen LogP contribution in [0.4, 0.5) is 0 Å². The Hall–Kier alpha value is -0.540. The SMILES string of the molecule is O=C(c1sccc1Cl)N1CCCC1. The number of hydrogen-bond acceptors (Lipinski definition) is 2. The van der Waals surface area contributed by atoms with E-state index in [9.17, 15) is 4.79 Å². The van der Waals surface area contributed by atoms with Crippen molar-refractivity contribution in [1.29, 1.82) is 0 Å². The Morgan fingerprint density at radius 2 is 2.15 bits per heavy atom. The van der Waals surface area contributed by atoms with E-state index in [-0.39, 0.29) is 5.91 Å². The van der Waals surface area contributed by atoms with Crippen LogP contribution in [0.25, 0.3) is 0 Å². The van der Waals surface area contributed by atoms with Gasteiger partial charge < -0.3 is 4.90 Å². The molecule has 0 unspecified atom stereocenters. The predicted molar refractivity (Wildman–Crippen MR) is 54.5 cm³/mol. The zero-order valence-corrected chi connectivity index (χ0v) is 8.70. The van der Waals surface area contributed by atoms with E-state index in [4.69, 9.17) is 11.6 Å². The van der Waals surface area contributed by atoms with E-state index in [0.29, 0.717) is 9.90 Å². The summed E-state index contributed by atoms with van der Waals surface area (Å²) in [6.45, 7) is 1.76. The third-order valence-corrected chi connectivity index (χ3v) is 3.53. The molecule has 0 radical (unpaired) electrons. The maximum Gasteiger partial charge on any atom is 0.265 e. The van der Waals surface area contributed by atoms with Gasteiger partial charge in [0.05, 0.1) is 5.02 Å². The Morgan fingerprint density at radius 1 is 1.46 bits per heavy atom. The van der Waals surface area contributed by atoms with Crippen LogP contribution in [0.5, 0.6) is 0 Å². The van der Waals surface area contributed by atoms with E-state index in [1.807, 2.05) is 10.3 Å². The second-order valence-corrected chi connectivity index (χ2v) is 4.42. The highest BCUT2D eigenvalue weighted by Crippen LogP contribution is 2.24. The van der Waals surface area contributed by atoms with Crippen LogP contribution >= 0.6 is 22.9 Å². The van der Waals surface area contributed by atoms with E-state index >= 15 is 0 Å². The Labute approximate surface area is 86.1 Å². The summed E-state index contributed by atoms with van der Waals surface area (Å²) in [7, 11) is 0. The molecule has 2 nitrogen and oxygen atoms in total. The number of thiophene rings is 1. The Bertz CT molecular complexity index is 317. The van der Waals surface area contributed by atoms with Crippen molar-refractivity contribution >= 4 is 28.8 Å². The number of hydrogen-bond donors (Lipinski definition) is 0. The molecule has 0 atom stereocenters. The molecule has 2 rings (SSSR count). The molecule has 0 aliphatic carbocycles. The molecule has 0 saturated carbocycles. The average molecular weight is 216 g/mol. The molecule has 1 fully saturated rings. The molecule has 70 valence electrons. The first-order valence-corrected chi connectivity index (χ1v) is 5.57. The van der Waals surface area contributed by atoms with Gasteiger partial charge in [0.15, 0.2) is 0 Å². The van der Waals surface area contributed by atoms with Crippen LogP contribution in [0.1, 0.15) is 22.5 Å². The van der Waals surface area contributed by atoms with Gasteiger partial charge in [0.2, 0.25) is 0 Å². The van der Waals surface area contributed by atoms with Crippen molar-refractivity contribution in [3.63, 3.8) is 0 Å². The Balaban J connectivity index is 2.17. The van der Waals surface area contributed by atoms with Gasteiger partial charge in [-0.3, -0.25) is 4.79 Å². The number of nitrogens with zero attached hydrogens (tertiary/aromatic N) is 1. The van der Waals surface area contributed by atoms with Gasteiger partial charge in [-0.2, -0.15) is 0 Å². The third-order valence-electron chi connectivity index (χ3n) is 2.20. The average Bonchev–Trinajstić information content (AvgIpc) is 2.72. The highest BCUT2D eigenvalue weighted by Gasteiger charge is 2.21. The number of halogens is 1. The van der Waals surface area contributed by atoms with Crippen LogP contribution in [-0.2, 0) is 0 Å². The summed E-state index contributed by atoms with van der Waals surface area (Å²) in [4.78, 5) is 14.3. The molecular weight excluding hydrogens is 206 g/mol. The van der Waals surface area contributed by atoms with E-state index in [0.717, 1.165) is 25.9 Å². The minimum Gasteiger partial charge on any atom is -0.338 e. The summed E-state index contributed by atoms with van der Waals surface area (Å²) in [6.07, 6.45) is 2.24. The molecule has 0 aromatic carbocycles. The van der Waals surface area contributed by atoms with Crippen molar-refractivity contribution in [3.05, 3.63) is 21.3 Å². The fraction of sp³-hybridized carbons (Fsp3) is 0.444. The van der Waals surface area contributed by atoms with E-state index in [1.54, 1.807) is 6.07 Å². The van der Waals surface area contributed by atoms with Gasteiger partial charge in [-0.15, -0.1) is 11.3 Å². The summed E-state index contributed by atoms with van der Waals surface area (Å²) in [6, 6.07) is 1.77. The van der Waals surface area contributed by atoms with E-state index in [1.165, 1.54) is 11.3 Å². The lowest BCUT2D eigenvalue weighted by molar-refractivity contribution is 0.0798. The van der Waals surface area contributed by atoms with Crippen LogP contribution < -0.4 is 0 Å². The molecule has 0 spiro atoms. The topological polar surface area (TPSA) is 20.3 Å². The number of amides is 1. The van der Waals surface area contributed by atoms with Crippen molar-refractivity contribution in [2.75, 3.05) is 13.1 Å².